The molecule has 2 aromatic rings. The average Bonchev–Trinajstić information content (AvgIpc) is 2.55. The van der Waals surface area contributed by atoms with Gasteiger partial charge in [-0.3, -0.25) is 5.43 Å². The molecule has 2 unspecified atom stereocenters. The number of hydrogen-bond donors (Lipinski definition) is 5. The molecule has 0 fully saturated rings. The van der Waals surface area contributed by atoms with E-state index in [2.05, 4.69) is 10.5 Å². The van der Waals surface area contributed by atoms with Crippen molar-refractivity contribution in [1.82, 2.24) is 0 Å². The molecule has 0 saturated heterocycles. The molecular weight excluding hydrogens is 300 g/mol. The third kappa shape index (κ3) is 5.11. The third-order valence-corrected chi connectivity index (χ3v) is 3.18. The summed E-state index contributed by atoms with van der Waals surface area (Å²) in [7, 11) is 0. The Morgan fingerprint density at radius 2 is 1.78 bits per heavy atom. The number of quaternary nitrogens is 2. The highest BCUT2D eigenvalue weighted by Crippen LogP contribution is 2.20. The largest absolute Gasteiger partial charge is 0.595 e. The van der Waals surface area contributed by atoms with E-state index in [1.165, 1.54) is 17.7 Å². The number of nitrogens with one attached hydrogen (secondary N) is 3. The van der Waals surface area contributed by atoms with Crippen molar-refractivity contribution >= 4 is 23.3 Å². The fourth-order valence-corrected chi connectivity index (χ4v) is 2.01. The molecule has 2 aromatic carbocycles. The van der Waals surface area contributed by atoms with E-state index in [1.807, 2.05) is 30.3 Å². The minimum absolute atomic E-state index is 0.0824. The van der Waals surface area contributed by atoms with E-state index in [1.54, 1.807) is 6.21 Å². The van der Waals surface area contributed by atoms with E-state index >= 15 is 0 Å². The molecule has 0 aliphatic heterocycles. The quantitative estimate of drug-likeness (QED) is 0.377. The molecule has 0 heterocycles. The maximum absolute atomic E-state index is 11.2. The molecule has 8 heteroatoms. The number of hydrazone groups is 1. The van der Waals surface area contributed by atoms with Crippen LogP contribution in [0.5, 0.6) is 0 Å². The Kier molecular flexibility index (Phi) is 6.18. The summed E-state index contributed by atoms with van der Waals surface area (Å²) in [5, 5.41) is 41.7. The molecule has 8 nitrogen and oxygen atoms in total. The summed E-state index contributed by atoms with van der Waals surface area (Å²) in [6, 6.07) is 13.8. The van der Waals surface area contributed by atoms with Crippen LogP contribution >= 0.6 is 0 Å². The van der Waals surface area contributed by atoms with Crippen molar-refractivity contribution in [1.29, 1.82) is 0 Å². The lowest BCUT2D eigenvalue weighted by molar-refractivity contribution is -0.996. The summed E-state index contributed by atoms with van der Waals surface area (Å²) < 4.78 is 0. The molecule has 0 amide bonds. The third-order valence-electron chi connectivity index (χ3n) is 3.18. The second-order valence-corrected chi connectivity index (χ2v) is 4.82. The highest BCUT2D eigenvalue weighted by Gasteiger charge is 2.13. The van der Waals surface area contributed by atoms with Gasteiger partial charge in [0, 0.05) is 12.3 Å². The van der Waals surface area contributed by atoms with Crippen LogP contribution in [0.4, 0.5) is 17.1 Å². The second-order valence-electron chi connectivity index (χ2n) is 4.82. The fourth-order valence-electron chi connectivity index (χ4n) is 2.01. The Hall–Kier alpha value is -2.33. The first-order valence-corrected chi connectivity index (χ1v) is 7.00. The summed E-state index contributed by atoms with van der Waals surface area (Å²) in [5.74, 6) is 0. The first kappa shape index (κ1) is 17.0. The Morgan fingerprint density at radius 1 is 1.04 bits per heavy atom. The second kappa shape index (κ2) is 8.34. The maximum atomic E-state index is 11.2. The van der Waals surface area contributed by atoms with Crippen LogP contribution in [-0.4, -0.2) is 16.6 Å². The van der Waals surface area contributed by atoms with Gasteiger partial charge in [-0.2, -0.15) is 15.6 Å². The van der Waals surface area contributed by atoms with Gasteiger partial charge in [0.05, 0.1) is 6.07 Å². The van der Waals surface area contributed by atoms with Crippen molar-refractivity contribution in [3.8, 4) is 0 Å². The molecule has 0 aromatic heterocycles. The monoisotopic (exact) mass is 318 g/mol. The molecule has 0 radical (unpaired) electrons. The van der Waals surface area contributed by atoms with Gasteiger partial charge in [-0.05, 0) is 24.5 Å². The van der Waals surface area contributed by atoms with Crippen molar-refractivity contribution < 1.29 is 20.9 Å². The number of rotatable bonds is 7. The highest BCUT2D eigenvalue weighted by atomic mass is 16.8. The van der Waals surface area contributed by atoms with Crippen LogP contribution in [0.2, 0.25) is 0 Å². The van der Waals surface area contributed by atoms with Crippen LogP contribution in [0.1, 0.15) is 12.0 Å². The molecule has 2 rings (SSSR count). The van der Waals surface area contributed by atoms with Crippen molar-refractivity contribution in [2.24, 2.45) is 5.10 Å². The van der Waals surface area contributed by atoms with Crippen LogP contribution < -0.4 is 15.9 Å². The van der Waals surface area contributed by atoms with Gasteiger partial charge in [0.2, 0.25) is 0 Å². The Labute approximate surface area is 133 Å². The molecule has 0 spiro atoms. The SMILES string of the molecule is [O-][NH+](O)c1ccc(NN=CCCc2ccccc2)c([NH+]([O-])O)c1. The molecule has 0 saturated carbocycles. The first-order chi connectivity index (χ1) is 11.1. The maximum Gasteiger partial charge on any atom is 0.195 e. The minimum atomic E-state index is -1.21. The average molecular weight is 318 g/mol. The molecule has 5 N–H and O–H groups in total. The predicted octanol–water partition coefficient (Wildman–Crippen LogP) is 0.524. The van der Waals surface area contributed by atoms with Gasteiger partial charge in [0.25, 0.3) is 0 Å². The molecule has 122 valence electrons. The van der Waals surface area contributed by atoms with Crippen molar-refractivity contribution in [2.45, 2.75) is 12.8 Å². The summed E-state index contributed by atoms with van der Waals surface area (Å²) in [4.78, 5) is 0. The van der Waals surface area contributed by atoms with Crippen LogP contribution in [0.3, 0.4) is 0 Å². The molecule has 0 bridgehead atoms. The van der Waals surface area contributed by atoms with Gasteiger partial charge >= 0.3 is 0 Å². The van der Waals surface area contributed by atoms with Gasteiger partial charge in [0.15, 0.2) is 11.4 Å². The lowest BCUT2D eigenvalue weighted by Crippen LogP contribution is -3.00. The zero-order chi connectivity index (χ0) is 16.7. The zero-order valence-electron chi connectivity index (χ0n) is 12.3. The van der Waals surface area contributed by atoms with E-state index in [-0.39, 0.29) is 17.1 Å². The number of aryl methyl sites for hydroxylation is 1. The number of anilines is 1. The van der Waals surface area contributed by atoms with Crippen LogP contribution in [0.25, 0.3) is 0 Å². The van der Waals surface area contributed by atoms with E-state index < -0.39 is 10.5 Å². The molecule has 0 aliphatic rings. The Balaban J connectivity index is 1.95. The minimum Gasteiger partial charge on any atom is -0.595 e. The molecular formula is C15H18N4O4. The predicted molar refractivity (Wildman–Crippen MR) is 84.9 cm³/mol. The van der Waals surface area contributed by atoms with Crippen LogP contribution in [0, 0.1) is 10.4 Å². The van der Waals surface area contributed by atoms with E-state index in [9.17, 15) is 10.4 Å². The van der Waals surface area contributed by atoms with E-state index in [0.717, 1.165) is 12.5 Å². The number of nitrogens with zero attached hydrogens (tertiary/aromatic N) is 1. The normalized spacial score (nSPS) is 13.9. The topological polar surface area (TPSA) is 120 Å². The Bertz CT molecular complexity index is 647. The van der Waals surface area contributed by atoms with Gasteiger partial charge in [-0.1, -0.05) is 30.3 Å². The zero-order valence-corrected chi connectivity index (χ0v) is 12.3. The standard InChI is InChI=1S/C15H18N4O4/c20-18(21)13-8-9-14(15(11-13)19(22)23)17-16-10-4-7-12-5-2-1-3-6-12/h1-3,5-6,8-11,17-20,22H,4,7H2. The van der Waals surface area contributed by atoms with Gasteiger partial charge in [0.1, 0.15) is 5.69 Å². The highest BCUT2D eigenvalue weighted by molar-refractivity contribution is 5.67. The lowest BCUT2D eigenvalue weighted by atomic mass is 10.1. The molecule has 0 aliphatic carbocycles. The summed E-state index contributed by atoms with van der Waals surface area (Å²) in [5.41, 5.74) is 3.87. The van der Waals surface area contributed by atoms with Crippen molar-refractivity contribution in [3.05, 3.63) is 64.5 Å². The van der Waals surface area contributed by atoms with Gasteiger partial charge < -0.3 is 10.4 Å². The number of hydrogen-bond acceptors (Lipinski definition) is 6. The smallest absolute Gasteiger partial charge is 0.195 e. The van der Waals surface area contributed by atoms with Gasteiger partial charge in [-0.25, -0.2) is 10.4 Å². The van der Waals surface area contributed by atoms with Crippen LogP contribution in [-0.2, 0) is 6.42 Å². The summed E-state index contributed by atoms with van der Waals surface area (Å²) in [6.07, 6.45) is 3.19. The van der Waals surface area contributed by atoms with Crippen LogP contribution in [0.15, 0.2) is 53.6 Å². The molecule has 2 atom stereocenters. The van der Waals surface area contributed by atoms with Gasteiger partial charge in [-0.15, -0.1) is 0 Å². The van der Waals surface area contributed by atoms with Crippen molar-refractivity contribution in [3.63, 3.8) is 0 Å². The summed E-state index contributed by atoms with van der Waals surface area (Å²) >= 11 is 0. The van der Waals surface area contributed by atoms with E-state index in [4.69, 9.17) is 10.4 Å². The Morgan fingerprint density at radius 3 is 2.43 bits per heavy atom. The fraction of sp³-hybridized carbons (Fsp3) is 0.133. The van der Waals surface area contributed by atoms with Crippen molar-refractivity contribution in [2.75, 3.05) is 5.43 Å². The summed E-state index contributed by atoms with van der Waals surface area (Å²) in [6.45, 7) is 0. The lowest BCUT2D eigenvalue weighted by Gasteiger charge is -2.17. The number of benzene rings is 2. The first-order valence-electron chi connectivity index (χ1n) is 7.00. The van der Waals surface area contributed by atoms with E-state index in [0.29, 0.717) is 6.42 Å². The molecule has 23 heavy (non-hydrogen) atoms.